The third-order valence-electron chi connectivity index (χ3n) is 4.96. The summed E-state index contributed by atoms with van der Waals surface area (Å²) in [7, 11) is 1.77. The van der Waals surface area contributed by atoms with Crippen LogP contribution in [0.5, 0.6) is 0 Å². The van der Waals surface area contributed by atoms with Crippen molar-refractivity contribution < 1.29 is 14.7 Å². The minimum absolute atomic E-state index is 0.0368. The molecule has 1 heterocycles. The van der Waals surface area contributed by atoms with E-state index in [1.807, 2.05) is 6.92 Å². The van der Waals surface area contributed by atoms with E-state index in [9.17, 15) is 14.7 Å². The van der Waals surface area contributed by atoms with Crippen LogP contribution in [0.25, 0.3) is 0 Å². The number of likely N-dealkylation sites (tertiary alicyclic amines) is 1. The lowest BCUT2D eigenvalue weighted by atomic mass is 9.86. The zero-order valence-electron chi connectivity index (χ0n) is 14.2. The van der Waals surface area contributed by atoms with Crippen molar-refractivity contribution >= 4 is 12.0 Å². The van der Waals surface area contributed by atoms with Gasteiger partial charge in [-0.15, -0.1) is 0 Å². The predicted octanol–water partition coefficient (Wildman–Crippen LogP) is 3.05. The maximum absolute atomic E-state index is 12.7. The zero-order chi connectivity index (χ0) is 16.4. The van der Waals surface area contributed by atoms with Gasteiger partial charge in [-0.3, -0.25) is 0 Å². The molecule has 1 aliphatic rings. The van der Waals surface area contributed by atoms with Gasteiger partial charge >= 0.3 is 12.0 Å². The molecule has 2 amide bonds. The van der Waals surface area contributed by atoms with E-state index in [4.69, 9.17) is 0 Å². The first-order chi connectivity index (χ1) is 9.59. The van der Waals surface area contributed by atoms with E-state index in [0.29, 0.717) is 18.9 Å². The fourth-order valence-electron chi connectivity index (χ4n) is 2.82. The Balaban J connectivity index is 2.87. The Morgan fingerprint density at radius 2 is 1.95 bits per heavy atom. The first kappa shape index (κ1) is 17.8. The van der Waals surface area contributed by atoms with Crippen LogP contribution in [0, 0.1) is 11.3 Å². The molecule has 1 fully saturated rings. The molecule has 5 heteroatoms. The average Bonchev–Trinajstić information content (AvgIpc) is 2.43. The number of aliphatic carboxylic acids is 1. The second kappa shape index (κ2) is 6.67. The number of hydrogen-bond acceptors (Lipinski definition) is 2. The summed E-state index contributed by atoms with van der Waals surface area (Å²) in [5.74, 6) is -0.487. The fourth-order valence-corrected chi connectivity index (χ4v) is 2.82. The Kier molecular flexibility index (Phi) is 5.65. The van der Waals surface area contributed by atoms with Crippen LogP contribution in [-0.2, 0) is 4.79 Å². The maximum atomic E-state index is 12.7. The monoisotopic (exact) mass is 298 g/mol. The first-order valence-corrected chi connectivity index (χ1v) is 7.85. The van der Waals surface area contributed by atoms with E-state index in [2.05, 4.69) is 27.7 Å². The molecule has 1 rings (SSSR count). The molecular weight excluding hydrogens is 268 g/mol. The molecule has 122 valence electrons. The highest BCUT2D eigenvalue weighted by Crippen LogP contribution is 2.29. The van der Waals surface area contributed by atoms with Crippen molar-refractivity contribution in [1.82, 2.24) is 9.80 Å². The van der Waals surface area contributed by atoms with Gasteiger partial charge < -0.3 is 14.9 Å². The SMILES string of the molecule is CCC1CCN(C(=O)N(C)C(C)C(C)(C)C)C(C(=O)O)C1. The van der Waals surface area contributed by atoms with Crippen LogP contribution in [-0.4, -0.2) is 52.6 Å². The molecule has 1 N–H and O–H groups in total. The summed E-state index contributed by atoms with van der Waals surface area (Å²) >= 11 is 0. The van der Waals surface area contributed by atoms with Crippen LogP contribution in [0.2, 0.25) is 0 Å². The van der Waals surface area contributed by atoms with Crippen molar-refractivity contribution in [3.05, 3.63) is 0 Å². The molecule has 0 aromatic heterocycles. The summed E-state index contributed by atoms with van der Waals surface area (Å²) in [4.78, 5) is 27.4. The normalized spacial score (nSPS) is 24.6. The third-order valence-corrected chi connectivity index (χ3v) is 4.96. The highest BCUT2D eigenvalue weighted by Gasteiger charge is 2.38. The molecular formula is C16H30N2O3. The van der Waals surface area contributed by atoms with E-state index in [-0.39, 0.29) is 17.5 Å². The number of carboxylic acid groups (broad SMARTS) is 1. The van der Waals surface area contributed by atoms with Crippen LogP contribution >= 0.6 is 0 Å². The summed E-state index contributed by atoms with van der Waals surface area (Å²) < 4.78 is 0. The summed E-state index contributed by atoms with van der Waals surface area (Å²) in [6, 6.07) is -0.812. The second-order valence-corrected chi connectivity index (χ2v) is 7.28. The number of amides is 2. The van der Waals surface area contributed by atoms with Crippen molar-refractivity contribution in [3.63, 3.8) is 0 Å². The lowest BCUT2D eigenvalue weighted by Crippen LogP contribution is -2.56. The number of carboxylic acids is 1. The molecule has 0 aromatic carbocycles. The Morgan fingerprint density at radius 3 is 2.38 bits per heavy atom. The number of urea groups is 1. The van der Waals surface area contributed by atoms with Gasteiger partial charge in [-0.25, -0.2) is 9.59 Å². The van der Waals surface area contributed by atoms with E-state index >= 15 is 0 Å². The summed E-state index contributed by atoms with van der Waals surface area (Å²) in [6.07, 6.45) is 2.43. The number of nitrogens with zero attached hydrogens (tertiary/aromatic N) is 2. The number of hydrogen-bond donors (Lipinski definition) is 1. The van der Waals surface area contributed by atoms with Crippen molar-refractivity contribution in [3.8, 4) is 0 Å². The van der Waals surface area contributed by atoms with Crippen LogP contribution < -0.4 is 0 Å². The van der Waals surface area contributed by atoms with Crippen molar-refractivity contribution in [2.24, 2.45) is 11.3 Å². The van der Waals surface area contributed by atoms with Gasteiger partial charge in [-0.05, 0) is 31.1 Å². The molecule has 0 radical (unpaired) electrons. The van der Waals surface area contributed by atoms with E-state index < -0.39 is 12.0 Å². The van der Waals surface area contributed by atoms with Crippen molar-refractivity contribution in [2.45, 2.75) is 66.0 Å². The number of carbonyl (C=O) groups excluding carboxylic acids is 1. The second-order valence-electron chi connectivity index (χ2n) is 7.28. The number of piperidine rings is 1. The van der Waals surface area contributed by atoms with Crippen LogP contribution in [0.15, 0.2) is 0 Å². The molecule has 3 atom stereocenters. The van der Waals surface area contributed by atoms with Crippen LogP contribution in [0.1, 0.15) is 53.9 Å². The number of carbonyl (C=O) groups is 2. The van der Waals surface area contributed by atoms with E-state index in [1.54, 1.807) is 11.9 Å². The van der Waals surface area contributed by atoms with Gasteiger partial charge in [0, 0.05) is 19.6 Å². The number of rotatable bonds is 3. The standard InChI is InChI=1S/C16H30N2O3/c1-7-12-8-9-18(13(10-12)14(19)20)15(21)17(6)11(2)16(3,4)5/h11-13H,7-10H2,1-6H3,(H,19,20). The molecule has 0 bridgehead atoms. The largest absolute Gasteiger partial charge is 0.480 e. The Hall–Kier alpha value is -1.26. The molecule has 0 aromatic rings. The van der Waals surface area contributed by atoms with Gasteiger partial charge in [-0.1, -0.05) is 34.1 Å². The predicted molar refractivity (Wildman–Crippen MR) is 83.2 cm³/mol. The highest BCUT2D eigenvalue weighted by atomic mass is 16.4. The highest BCUT2D eigenvalue weighted by molar-refractivity contribution is 5.83. The van der Waals surface area contributed by atoms with Crippen LogP contribution in [0.4, 0.5) is 4.79 Å². The van der Waals surface area contributed by atoms with Gasteiger partial charge in [0.15, 0.2) is 0 Å². The molecule has 0 spiro atoms. The van der Waals surface area contributed by atoms with Gasteiger partial charge in [-0.2, -0.15) is 0 Å². The van der Waals surface area contributed by atoms with Crippen molar-refractivity contribution in [2.75, 3.05) is 13.6 Å². The summed E-state index contributed by atoms with van der Waals surface area (Å²) in [6.45, 7) is 10.9. The Bertz CT molecular complexity index is 389. The smallest absolute Gasteiger partial charge is 0.326 e. The third kappa shape index (κ3) is 4.11. The van der Waals surface area contributed by atoms with E-state index in [0.717, 1.165) is 12.8 Å². The average molecular weight is 298 g/mol. The first-order valence-electron chi connectivity index (χ1n) is 7.85. The lowest BCUT2D eigenvalue weighted by Gasteiger charge is -2.42. The quantitative estimate of drug-likeness (QED) is 0.871. The molecule has 5 nitrogen and oxygen atoms in total. The molecule has 0 aliphatic carbocycles. The minimum atomic E-state index is -0.890. The molecule has 1 saturated heterocycles. The lowest BCUT2D eigenvalue weighted by molar-refractivity contribution is -0.144. The molecule has 3 unspecified atom stereocenters. The molecule has 0 saturated carbocycles. The molecule has 21 heavy (non-hydrogen) atoms. The topological polar surface area (TPSA) is 60.9 Å². The van der Waals surface area contributed by atoms with Crippen molar-refractivity contribution in [1.29, 1.82) is 0 Å². The van der Waals surface area contributed by atoms with Gasteiger partial charge in [0.05, 0.1) is 0 Å². The van der Waals surface area contributed by atoms with Gasteiger partial charge in [0.25, 0.3) is 0 Å². The molecule has 1 aliphatic heterocycles. The zero-order valence-corrected chi connectivity index (χ0v) is 14.2. The van der Waals surface area contributed by atoms with Crippen LogP contribution in [0.3, 0.4) is 0 Å². The minimum Gasteiger partial charge on any atom is -0.480 e. The van der Waals surface area contributed by atoms with Gasteiger partial charge in [0.2, 0.25) is 0 Å². The Morgan fingerprint density at radius 1 is 1.38 bits per heavy atom. The fraction of sp³-hybridized carbons (Fsp3) is 0.875. The van der Waals surface area contributed by atoms with E-state index in [1.165, 1.54) is 4.90 Å². The summed E-state index contributed by atoms with van der Waals surface area (Å²) in [5.41, 5.74) is -0.0368. The Labute approximate surface area is 128 Å². The summed E-state index contributed by atoms with van der Waals surface area (Å²) in [5, 5.41) is 9.44. The maximum Gasteiger partial charge on any atom is 0.326 e. The van der Waals surface area contributed by atoms with Gasteiger partial charge in [0.1, 0.15) is 6.04 Å².